The van der Waals surface area contributed by atoms with Crippen molar-refractivity contribution in [2.45, 2.75) is 31.8 Å². The van der Waals surface area contributed by atoms with Crippen LogP contribution in [0.5, 0.6) is 5.75 Å². The van der Waals surface area contributed by atoms with Gasteiger partial charge in [-0.15, -0.1) is 0 Å². The van der Waals surface area contributed by atoms with Gasteiger partial charge in [-0.25, -0.2) is 0 Å². The van der Waals surface area contributed by atoms with Crippen molar-refractivity contribution < 1.29 is 4.74 Å². The van der Waals surface area contributed by atoms with Gasteiger partial charge in [0.2, 0.25) is 0 Å². The van der Waals surface area contributed by atoms with Crippen molar-refractivity contribution >= 4 is 5.69 Å². The first-order chi connectivity index (χ1) is 9.88. The second-order valence-corrected chi connectivity index (χ2v) is 5.74. The minimum Gasteiger partial charge on any atom is -0.490 e. The van der Waals surface area contributed by atoms with Crippen LogP contribution in [0.25, 0.3) is 11.1 Å². The van der Waals surface area contributed by atoms with Gasteiger partial charge in [0.15, 0.2) is 0 Å². The van der Waals surface area contributed by atoms with Gasteiger partial charge < -0.3 is 10.1 Å². The molecule has 1 heterocycles. The molecule has 102 valence electrons. The Labute approximate surface area is 119 Å². The van der Waals surface area contributed by atoms with Crippen LogP contribution in [0, 0.1) is 0 Å². The Bertz CT molecular complexity index is 614. The number of anilines is 1. The number of rotatable bonds is 3. The molecule has 0 saturated heterocycles. The third kappa shape index (κ3) is 2.38. The van der Waals surface area contributed by atoms with Gasteiger partial charge in [0.25, 0.3) is 0 Å². The molecule has 0 bridgehead atoms. The first-order valence-corrected chi connectivity index (χ1v) is 7.52. The van der Waals surface area contributed by atoms with E-state index in [0.29, 0.717) is 6.10 Å². The predicted octanol–water partition coefficient (Wildman–Crippen LogP) is 4.25. The van der Waals surface area contributed by atoms with E-state index < -0.39 is 0 Å². The van der Waals surface area contributed by atoms with Crippen molar-refractivity contribution in [2.75, 3.05) is 11.9 Å². The van der Waals surface area contributed by atoms with Gasteiger partial charge in [-0.1, -0.05) is 24.3 Å². The fourth-order valence-corrected chi connectivity index (χ4v) is 2.74. The summed E-state index contributed by atoms with van der Waals surface area (Å²) in [6.07, 6.45) is 5.31. The summed E-state index contributed by atoms with van der Waals surface area (Å²) in [6.45, 7) is 1.09. The van der Waals surface area contributed by atoms with Crippen LogP contribution in [-0.4, -0.2) is 12.6 Å². The molecule has 4 rings (SSSR count). The second kappa shape index (κ2) is 4.86. The van der Waals surface area contributed by atoms with Gasteiger partial charge in [0.1, 0.15) is 5.75 Å². The van der Waals surface area contributed by atoms with E-state index in [0.717, 1.165) is 12.3 Å². The summed E-state index contributed by atoms with van der Waals surface area (Å²) in [6, 6.07) is 15.2. The third-order valence-electron chi connectivity index (χ3n) is 4.06. The monoisotopic (exact) mass is 265 g/mol. The molecule has 0 spiro atoms. The Kier molecular flexibility index (Phi) is 2.87. The first-order valence-electron chi connectivity index (χ1n) is 7.52. The number of ether oxygens (including phenoxy) is 1. The molecule has 2 heteroatoms. The number of aryl methyl sites for hydroxylation is 1. The standard InChI is InChI=1S/C18H19NO/c1-2-14-3-4-15(12-18(14)19-11-1)13-5-7-16(8-6-13)20-17-9-10-17/h3-8,12,17,19H,1-2,9-11H2. The topological polar surface area (TPSA) is 21.3 Å². The first kappa shape index (κ1) is 11.8. The maximum atomic E-state index is 5.79. The van der Waals surface area contributed by atoms with E-state index in [1.165, 1.54) is 48.1 Å². The molecule has 1 aliphatic carbocycles. The van der Waals surface area contributed by atoms with Gasteiger partial charge in [-0.3, -0.25) is 0 Å². The highest BCUT2D eigenvalue weighted by atomic mass is 16.5. The molecular weight excluding hydrogens is 246 g/mol. The van der Waals surface area contributed by atoms with E-state index in [4.69, 9.17) is 4.74 Å². The van der Waals surface area contributed by atoms with Crippen molar-refractivity contribution in [2.24, 2.45) is 0 Å². The van der Waals surface area contributed by atoms with Gasteiger partial charge in [-0.05, 0) is 60.6 Å². The molecule has 2 aromatic carbocycles. The Morgan fingerprint density at radius 3 is 2.55 bits per heavy atom. The van der Waals surface area contributed by atoms with Crippen molar-refractivity contribution in [1.29, 1.82) is 0 Å². The van der Waals surface area contributed by atoms with Crippen LogP contribution in [0.2, 0.25) is 0 Å². The van der Waals surface area contributed by atoms with Crippen LogP contribution in [0.1, 0.15) is 24.8 Å². The zero-order chi connectivity index (χ0) is 13.4. The van der Waals surface area contributed by atoms with E-state index >= 15 is 0 Å². The van der Waals surface area contributed by atoms with Crippen LogP contribution >= 0.6 is 0 Å². The Balaban J connectivity index is 1.59. The van der Waals surface area contributed by atoms with E-state index in [-0.39, 0.29) is 0 Å². The van der Waals surface area contributed by atoms with E-state index in [2.05, 4.69) is 47.8 Å². The van der Waals surface area contributed by atoms with Crippen LogP contribution in [0.15, 0.2) is 42.5 Å². The molecule has 1 aliphatic heterocycles. The fourth-order valence-electron chi connectivity index (χ4n) is 2.74. The summed E-state index contributed by atoms with van der Waals surface area (Å²) < 4.78 is 5.79. The molecule has 1 fully saturated rings. The molecule has 2 aromatic rings. The maximum absolute atomic E-state index is 5.79. The molecule has 2 nitrogen and oxygen atoms in total. The second-order valence-electron chi connectivity index (χ2n) is 5.74. The van der Waals surface area contributed by atoms with Crippen molar-refractivity contribution in [3.63, 3.8) is 0 Å². The van der Waals surface area contributed by atoms with Crippen molar-refractivity contribution in [1.82, 2.24) is 0 Å². The molecule has 0 unspecified atom stereocenters. The molecule has 0 amide bonds. The van der Waals surface area contributed by atoms with Gasteiger partial charge in [0.05, 0.1) is 6.10 Å². The quantitative estimate of drug-likeness (QED) is 0.895. The van der Waals surface area contributed by atoms with E-state index in [1.54, 1.807) is 0 Å². The molecular formula is C18H19NO. The zero-order valence-corrected chi connectivity index (χ0v) is 11.6. The number of benzene rings is 2. The minimum atomic E-state index is 0.466. The Hall–Kier alpha value is -1.96. The molecule has 1 saturated carbocycles. The highest BCUT2D eigenvalue weighted by molar-refractivity contribution is 5.71. The van der Waals surface area contributed by atoms with E-state index in [1.807, 2.05) is 0 Å². The summed E-state index contributed by atoms with van der Waals surface area (Å²) in [5, 5.41) is 3.49. The number of nitrogens with one attached hydrogen (secondary N) is 1. The average molecular weight is 265 g/mol. The molecule has 0 aromatic heterocycles. The fraction of sp³-hybridized carbons (Fsp3) is 0.333. The van der Waals surface area contributed by atoms with Gasteiger partial charge in [-0.2, -0.15) is 0 Å². The lowest BCUT2D eigenvalue weighted by molar-refractivity contribution is 0.303. The molecule has 20 heavy (non-hydrogen) atoms. The smallest absolute Gasteiger partial charge is 0.119 e. The lowest BCUT2D eigenvalue weighted by Crippen LogP contribution is -2.11. The lowest BCUT2D eigenvalue weighted by atomic mass is 9.98. The summed E-state index contributed by atoms with van der Waals surface area (Å²) in [5.41, 5.74) is 5.26. The normalized spacial score (nSPS) is 17.2. The summed E-state index contributed by atoms with van der Waals surface area (Å²) in [7, 11) is 0. The minimum absolute atomic E-state index is 0.466. The van der Waals surface area contributed by atoms with Gasteiger partial charge in [0, 0.05) is 12.2 Å². The maximum Gasteiger partial charge on any atom is 0.119 e. The van der Waals surface area contributed by atoms with Crippen LogP contribution in [-0.2, 0) is 6.42 Å². The van der Waals surface area contributed by atoms with Crippen LogP contribution < -0.4 is 10.1 Å². The summed E-state index contributed by atoms with van der Waals surface area (Å²) >= 11 is 0. The molecule has 1 N–H and O–H groups in total. The average Bonchev–Trinajstić information content (AvgIpc) is 3.32. The van der Waals surface area contributed by atoms with Crippen molar-refractivity contribution in [3.8, 4) is 16.9 Å². The molecule has 0 atom stereocenters. The molecule has 2 aliphatic rings. The Morgan fingerprint density at radius 2 is 1.75 bits per heavy atom. The highest BCUT2D eigenvalue weighted by Gasteiger charge is 2.23. The largest absolute Gasteiger partial charge is 0.490 e. The molecule has 0 radical (unpaired) electrons. The summed E-state index contributed by atoms with van der Waals surface area (Å²) in [5.74, 6) is 0.993. The summed E-state index contributed by atoms with van der Waals surface area (Å²) in [4.78, 5) is 0. The van der Waals surface area contributed by atoms with Crippen molar-refractivity contribution in [3.05, 3.63) is 48.0 Å². The van der Waals surface area contributed by atoms with Crippen LogP contribution in [0.4, 0.5) is 5.69 Å². The van der Waals surface area contributed by atoms with Gasteiger partial charge >= 0.3 is 0 Å². The highest BCUT2D eigenvalue weighted by Crippen LogP contribution is 2.31. The Morgan fingerprint density at radius 1 is 0.950 bits per heavy atom. The number of hydrogen-bond donors (Lipinski definition) is 1. The SMILES string of the molecule is c1cc(-c2ccc3c(c2)NCCC3)ccc1OC1CC1. The third-order valence-corrected chi connectivity index (χ3v) is 4.06. The van der Waals surface area contributed by atoms with Crippen LogP contribution in [0.3, 0.4) is 0 Å². The van der Waals surface area contributed by atoms with E-state index in [9.17, 15) is 0 Å². The predicted molar refractivity (Wildman–Crippen MR) is 82.3 cm³/mol. The zero-order valence-electron chi connectivity index (χ0n) is 11.6. The number of hydrogen-bond acceptors (Lipinski definition) is 2. The lowest BCUT2D eigenvalue weighted by Gasteiger charge is -2.18. The number of fused-ring (bicyclic) bond motifs is 1.